The second kappa shape index (κ2) is 4.07. The number of hydrogen-bond donors (Lipinski definition) is 0. The monoisotopic (exact) mass is 228 g/mol. The van der Waals surface area contributed by atoms with Crippen LogP contribution in [0.25, 0.3) is 11.3 Å². The zero-order valence-electron chi connectivity index (χ0n) is 9.53. The lowest BCUT2D eigenvalue weighted by Gasteiger charge is -2.04. The average molecular weight is 228 g/mol. The van der Waals surface area contributed by atoms with Crippen molar-refractivity contribution in [3.05, 3.63) is 39.2 Å². The highest BCUT2D eigenvalue weighted by atomic mass is 32.1. The maximum Gasteiger partial charge on any atom is 0.132 e. The topological polar surface area (TPSA) is 36.7 Å². The summed E-state index contributed by atoms with van der Waals surface area (Å²) in [5, 5.41) is 10.0. The smallest absolute Gasteiger partial charge is 0.132 e. The number of nitriles is 1. The van der Waals surface area contributed by atoms with Crippen LogP contribution in [0.5, 0.6) is 0 Å². The molecule has 0 unspecified atom stereocenters. The molecule has 80 valence electrons. The van der Waals surface area contributed by atoms with Crippen molar-refractivity contribution < 1.29 is 0 Å². The van der Waals surface area contributed by atoms with Crippen LogP contribution in [0.4, 0.5) is 0 Å². The number of nitrogens with zero attached hydrogens (tertiary/aromatic N) is 2. The molecule has 1 aromatic heterocycles. The molecule has 0 atom stereocenters. The van der Waals surface area contributed by atoms with E-state index in [1.807, 2.05) is 20.8 Å². The second-order valence-corrected chi connectivity index (χ2v) is 5.04. The first kappa shape index (κ1) is 10.8. The molecule has 1 aromatic carbocycles. The van der Waals surface area contributed by atoms with Crippen molar-refractivity contribution in [2.45, 2.75) is 20.8 Å². The maximum absolute atomic E-state index is 9.07. The number of thiazole rings is 1. The molecule has 0 N–H and O–H groups in total. The highest BCUT2D eigenvalue weighted by Crippen LogP contribution is 2.30. The molecule has 0 radical (unpaired) electrons. The van der Waals surface area contributed by atoms with Gasteiger partial charge in [-0.05, 0) is 32.4 Å². The van der Waals surface area contributed by atoms with Gasteiger partial charge in [0.1, 0.15) is 10.9 Å². The number of rotatable bonds is 1. The van der Waals surface area contributed by atoms with Crippen LogP contribution < -0.4 is 0 Å². The van der Waals surface area contributed by atoms with Crippen LogP contribution in [0.3, 0.4) is 0 Å². The van der Waals surface area contributed by atoms with E-state index in [4.69, 9.17) is 5.26 Å². The summed E-state index contributed by atoms with van der Waals surface area (Å²) in [7, 11) is 0. The Morgan fingerprint density at radius 1 is 1.25 bits per heavy atom. The van der Waals surface area contributed by atoms with Gasteiger partial charge in [-0.1, -0.05) is 17.7 Å². The minimum absolute atomic E-state index is 0.700. The summed E-state index contributed by atoms with van der Waals surface area (Å²) in [6.07, 6.45) is 0. The predicted octanol–water partition coefficient (Wildman–Crippen LogP) is 3.61. The molecule has 0 aliphatic heterocycles. The zero-order chi connectivity index (χ0) is 11.7. The van der Waals surface area contributed by atoms with E-state index in [0.717, 1.165) is 21.8 Å². The summed E-state index contributed by atoms with van der Waals surface area (Å²) in [5.74, 6) is 0. The fraction of sp³-hybridized carbons (Fsp3) is 0.231. The van der Waals surface area contributed by atoms with Crippen LogP contribution in [0.1, 0.15) is 21.0 Å². The lowest BCUT2D eigenvalue weighted by Crippen LogP contribution is -1.87. The second-order valence-electron chi connectivity index (χ2n) is 3.84. The van der Waals surface area contributed by atoms with Gasteiger partial charge in [-0.2, -0.15) is 5.26 Å². The van der Waals surface area contributed by atoms with Gasteiger partial charge in [-0.3, -0.25) is 0 Å². The third kappa shape index (κ3) is 1.84. The minimum Gasteiger partial charge on any atom is -0.240 e. The van der Waals surface area contributed by atoms with Gasteiger partial charge in [-0.25, -0.2) is 4.98 Å². The van der Waals surface area contributed by atoms with E-state index in [1.54, 1.807) is 0 Å². The first-order valence-electron chi connectivity index (χ1n) is 5.07. The molecule has 0 spiro atoms. The Bertz CT molecular complexity index is 576. The molecular weight excluding hydrogens is 216 g/mol. The summed E-state index contributed by atoms with van der Waals surface area (Å²) in [6.45, 7) is 6.03. The Morgan fingerprint density at radius 2 is 2.00 bits per heavy atom. The molecular formula is C13H12N2S. The van der Waals surface area contributed by atoms with E-state index in [0.29, 0.717) is 4.88 Å². The Morgan fingerprint density at radius 3 is 2.69 bits per heavy atom. The standard InChI is InChI=1S/C13H12N2S/c1-8-4-5-9(2)11(6-8)13-12(7-14)16-10(3)15-13/h4-6H,1-3H3. The molecule has 2 aromatic rings. The van der Waals surface area contributed by atoms with Gasteiger partial charge >= 0.3 is 0 Å². The molecule has 2 nitrogen and oxygen atoms in total. The SMILES string of the molecule is Cc1ccc(C)c(-c2nc(C)sc2C#N)c1. The molecule has 0 saturated heterocycles. The van der Waals surface area contributed by atoms with Gasteiger partial charge < -0.3 is 0 Å². The quantitative estimate of drug-likeness (QED) is 0.747. The zero-order valence-corrected chi connectivity index (χ0v) is 10.4. The summed E-state index contributed by atoms with van der Waals surface area (Å²) in [6, 6.07) is 8.45. The van der Waals surface area contributed by atoms with Crippen molar-refractivity contribution in [3.63, 3.8) is 0 Å². The minimum atomic E-state index is 0.700. The molecule has 0 aliphatic rings. The van der Waals surface area contributed by atoms with Crippen molar-refractivity contribution in [3.8, 4) is 17.3 Å². The van der Waals surface area contributed by atoms with E-state index in [2.05, 4.69) is 29.3 Å². The molecule has 0 aliphatic carbocycles. The van der Waals surface area contributed by atoms with Crippen LogP contribution in [-0.4, -0.2) is 4.98 Å². The van der Waals surface area contributed by atoms with E-state index >= 15 is 0 Å². The molecule has 0 bridgehead atoms. The van der Waals surface area contributed by atoms with Gasteiger partial charge in [0.15, 0.2) is 0 Å². The van der Waals surface area contributed by atoms with E-state index in [1.165, 1.54) is 16.9 Å². The van der Waals surface area contributed by atoms with Crippen LogP contribution in [0.15, 0.2) is 18.2 Å². The van der Waals surface area contributed by atoms with Gasteiger partial charge in [0.25, 0.3) is 0 Å². The van der Waals surface area contributed by atoms with Crippen LogP contribution in [0, 0.1) is 32.1 Å². The normalized spacial score (nSPS) is 10.1. The maximum atomic E-state index is 9.07. The van der Waals surface area contributed by atoms with Crippen molar-refractivity contribution in [2.24, 2.45) is 0 Å². The molecule has 0 amide bonds. The molecule has 1 heterocycles. The summed E-state index contributed by atoms with van der Waals surface area (Å²) in [4.78, 5) is 5.15. The first-order valence-corrected chi connectivity index (χ1v) is 5.88. The number of aryl methyl sites for hydroxylation is 3. The van der Waals surface area contributed by atoms with Gasteiger partial charge in [0, 0.05) is 5.56 Å². The first-order chi connectivity index (χ1) is 7.61. The number of aromatic nitrogens is 1. The number of benzene rings is 1. The number of hydrogen-bond acceptors (Lipinski definition) is 3. The predicted molar refractivity (Wildman–Crippen MR) is 66.5 cm³/mol. The Hall–Kier alpha value is -1.66. The van der Waals surface area contributed by atoms with Crippen LogP contribution in [0.2, 0.25) is 0 Å². The summed E-state index contributed by atoms with van der Waals surface area (Å²) >= 11 is 1.45. The fourth-order valence-electron chi connectivity index (χ4n) is 1.68. The van der Waals surface area contributed by atoms with Crippen molar-refractivity contribution >= 4 is 11.3 Å². The van der Waals surface area contributed by atoms with Crippen LogP contribution in [-0.2, 0) is 0 Å². The van der Waals surface area contributed by atoms with Crippen molar-refractivity contribution in [1.82, 2.24) is 4.98 Å². The fourth-order valence-corrected chi connectivity index (χ4v) is 2.41. The molecule has 2 rings (SSSR count). The molecule has 0 fully saturated rings. The van der Waals surface area contributed by atoms with E-state index < -0.39 is 0 Å². The van der Waals surface area contributed by atoms with E-state index in [-0.39, 0.29) is 0 Å². The van der Waals surface area contributed by atoms with Crippen molar-refractivity contribution in [2.75, 3.05) is 0 Å². The van der Waals surface area contributed by atoms with Gasteiger partial charge in [-0.15, -0.1) is 11.3 Å². The molecule has 16 heavy (non-hydrogen) atoms. The highest BCUT2D eigenvalue weighted by Gasteiger charge is 2.12. The summed E-state index contributed by atoms with van der Waals surface area (Å²) in [5.41, 5.74) is 4.25. The third-order valence-electron chi connectivity index (χ3n) is 2.48. The Labute approximate surface area is 99.2 Å². The summed E-state index contributed by atoms with van der Waals surface area (Å²) < 4.78 is 0. The Kier molecular flexibility index (Phi) is 2.76. The lowest BCUT2D eigenvalue weighted by molar-refractivity contribution is 1.27. The van der Waals surface area contributed by atoms with Crippen molar-refractivity contribution in [1.29, 1.82) is 5.26 Å². The Balaban J connectivity index is 2.67. The third-order valence-corrected chi connectivity index (χ3v) is 3.36. The van der Waals surface area contributed by atoms with Gasteiger partial charge in [0.05, 0.1) is 10.7 Å². The van der Waals surface area contributed by atoms with E-state index in [9.17, 15) is 0 Å². The van der Waals surface area contributed by atoms with Gasteiger partial charge in [0.2, 0.25) is 0 Å². The highest BCUT2D eigenvalue weighted by molar-refractivity contribution is 7.12. The molecule has 0 saturated carbocycles. The largest absolute Gasteiger partial charge is 0.240 e. The van der Waals surface area contributed by atoms with Crippen LogP contribution >= 0.6 is 11.3 Å². The molecule has 3 heteroatoms. The average Bonchev–Trinajstić information content (AvgIpc) is 2.63. The lowest BCUT2D eigenvalue weighted by atomic mass is 10.0.